The van der Waals surface area contributed by atoms with Crippen LogP contribution in [0.4, 0.5) is 0 Å². The van der Waals surface area contributed by atoms with Gasteiger partial charge in [0.1, 0.15) is 11.4 Å². The van der Waals surface area contributed by atoms with E-state index in [1.165, 1.54) is 0 Å². The van der Waals surface area contributed by atoms with E-state index in [0.717, 1.165) is 11.3 Å². The lowest BCUT2D eigenvalue weighted by atomic mass is 10.1. The molecule has 5 nitrogen and oxygen atoms in total. The van der Waals surface area contributed by atoms with Gasteiger partial charge in [-0.2, -0.15) is 5.10 Å². The van der Waals surface area contributed by atoms with E-state index in [2.05, 4.69) is 5.32 Å². The van der Waals surface area contributed by atoms with Gasteiger partial charge in [-0.1, -0.05) is 54.1 Å². The minimum absolute atomic E-state index is 0.142. The van der Waals surface area contributed by atoms with Crippen molar-refractivity contribution in [1.29, 1.82) is 0 Å². The molecule has 1 atom stereocenters. The van der Waals surface area contributed by atoms with Crippen LogP contribution in [-0.4, -0.2) is 20.3 Å². The van der Waals surface area contributed by atoms with Gasteiger partial charge in [0.15, 0.2) is 0 Å². The van der Waals surface area contributed by atoms with E-state index in [1.807, 2.05) is 85.4 Å². The topological polar surface area (TPSA) is 51.9 Å². The van der Waals surface area contributed by atoms with Gasteiger partial charge in [0, 0.05) is 13.2 Å². The lowest BCUT2D eigenvalue weighted by Crippen LogP contribution is -2.28. The molecule has 2 aromatic heterocycles. The van der Waals surface area contributed by atoms with Crippen molar-refractivity contribution in [1.82, 2.24) is 19.7 Å². The number of aromatic nitrogens is 3. The number of carbonyl (C=O) groups is 1. The maximum Gasteiger partial charge on any atom is 0.270 e. The van der Waals surface area contributed by atoms with Crippen molar-refractivity contribution in [2.75, 3.05) is 0 Å². The Morgan fingerprint density at radius 2 is 1.76 bits per heavy atom. The SMILES string of the molecule is CC(NC(=O)c1cc(-c2cccn2C)nn1-c1ccccc1Cl)c1ccccc1. The molecule has 2 heterocycles. The van der Waals surface area contributed by atoms with Crippen LogP contribution in [0.15, 0.2) is 79.0 Å². The van der Waals surface area contributed by atoms with Crippen LogP contribution in [0.1, 0.15) is 29.0 Å². The van der Waals surface area contributed by atoms with Crippen molar-refractivity contribution in [3.63, 3.8) is 0 Å². The fraction of sp³-hybridized carbons (Fsp3) is 0.130. The molecule has 0 aliphatic heterocycles. The minimum atomic E-state index is -0.214. The Morgan fingerprint density at radius 1 is 1.03 bits per heavy atom. The summed E-state index contributed by atoms with van der Waals surface area (Å²) in [5, 5.41) is 8.29. The molecule has 0 saturated heterocycles. The summed E-state index contributed by atoms with van der Waals surface area (Å²) in [7, 11) is 1.95. The molecule has 1 unspecified atom stereocenters. The highest BCUT2D eigenvalue weighted by atomic mass is 35.5. The average Bonchev–Trinajstić information content (AvgIpc) is 3.35. The molecule has 0 spiro atoms. The van der Waals surface area contributed by atoms with Gasteiger partial charge in [-0.25, -0.2) is 4.68 Å². The molecule has 2 aromatic carbocycles. The lowest BCUT2D eigenvalue weighted by molar-refractivity contribution is 0.0932. The standard InChI is InChI=1S/C23H21ClN4O/c1-16(17-9-4-3-5-10-17)25-23(29)22-15-19(21-13-8-14-27(21)2)26-28(22)20-12-7-6-11-18(20)24/h3-16H,1-2H3,(H,25,29). The first-order valence-electron chi connectivity index (χ1n) is 9.37. The zero-order valence-corrected chi connectivity index (χ0v) is 17.0. The lowest BCUT2D eigenvalue weighted by Gasteiger charge is -2.15. The van der Waals surface area contributed by atoms with E-state index >= 15 is 0 Å². The molecule has 29 heavy (non-hydrogen) atoms. The van der Waals surface area contributed by atoms with Gasteiger partial charge in [0.05, 0.1) is 22.4 Å². The second-order valence-corrected chi connectivity index (χ2v) is 7.30. The summed E-state index contributed by atoms with van der Waals surface area (Å²) < 4.78 is 3.57. The van der Waals surface area contributed by atoms with Gasteiger partial charge in [0.25, 0.3) is 5.91 Å². The Hall–Kier alpha value is -3.31. The van der Waals surface area contributed by atoms with Crippen molar-refractivity contribution < 1.29 is 4.79 Å². The largest absolute Gasteiger partial charge is 0.349 e. The number of aryl methyl sites for hydroxylation is 1. The molecule has 1 N–H and O–H groups in total. The number of amides is 1. The maximum absolute atomic E-state index is 13.2. The van der Waals surface area contributed by atoms with E-state index in [9.17, 15) is 4.79 Å². The molecule has 0 fully saturated rings. The molecule has 4 aromatic rings. The third kappa shape index (κ3) is 3.82. The predicted molar refractivity (Wildman–Crippen MR) is 115 cm³/mol. The average molecular weight is 405 g/mol. The number of halogens is 1. The summed E-state index contributed by atoms with van der Waals surface area (Å²) in [5.74, 6) is -0.214. The normalized spacial score (nSPS) is 12.0. The molecule has 4 rings (SSSR count). The molecule has 0 aliphatic carbocycles. The second-order valence-electron chi connectivity index (χ2n) is 6.89. The Kier molecular flexibility index (Phi) is 5.23. The third-order valence-electron chi connectivity index (χ3n) is 4.88. The fourth-order valence-corrected chi connectivity index (χ4v) is 3.51. The minimum Gasteiger partial charge on any atom is -0.349 e. The van der Waals surface area contributed by atoms with Gasteiger partial charge in [-0.05, 0) is 42.8 Å². The number of nitrogens with one attached hydrogen (secondary N) is 1. The monoisotopic (exact) mass is 404 g/mol. The van der Waals surface area contributed by atoms with Gasteiger partial charge >= 0.3 is 0 Å². The number of benzene rings is 2. The molecular formula is C23H21ClN4O. The van der Waals surface area contributed by atoms with Crippen molar-refractivity contribution >= 4 is 17.5 Å². The van der Waals surface area contributed by atoms with Crippen molar-refractivity contribution in [2.24, 2.45) is 7.05 Å². The van der Waals surface area contributed by atoms with Crippen LogP contribution in [0.2, 0.25) is 5.02 Å². The van der Waals surface area contributed by atoms with Crippen LogP contribution in [0.5, 0.6) is 0 Å². The highest BCUT2D eigenvalue weighted by molar-refractivity contribution is 6.32. The van der Waals surface area contributed by atoms with Gasteiger partial charge < -0.3 is 9.88 Å². The number of hydrogen-bond acceptors (Lipinski definition) is 2. The zero-order valence-electron chi connectivity index (χ0n) is 16.2. The number of carbonyl (C=O) groups excluding carboxylic acids is 1. The Bertz CT molecular complexity index is 1150. The summed E-state index contributed by atoms with van der Waals surface area (Å²) in [6, 6.07) is 22.8. The van der Waals surface area contributed by atoms with Gasteiger partial charge in [-0.3, -0.25) is 4.79 Å². The van der Waals surface area contributed by atoms with Crippen LogP contribution in [-0.2, 0) is 7.05 Å². The van der Waals surface area contributed by atoms with Gasteiger partial charge in [0.2, 0.25) is 0 Å². The number of para-hydroxylation sites is 1. The highest BCUT2D eigenvalue weighted by Gasteiger charge is 2.21. The molecule has 6 heteroatoms. The van der Waals surface area contributed by atoms with E-state index in [4.69, 9.17) is 16.7 Å². The summed E-state index contributed by atoms with van der Waals surface area (Å²) in [5.41, 5.74) is 3.74. The summed E-state index contributed by atoms with van der Waals surface area (Å²) in [6.07, 6.45) is 1.95. The van der Waals surface area contributed by atoms with Crippen LogP contribution >= 0.6 is 11.6 Å². The Labute approximate surface area is 174 Å². The molecule has 0 radical (unpaired) electrons. The molecule has 0 saturated carbocycles. The van der Waals surface area contributed by atoms with Crippen LogP contribution in [0.3, 0.4) is 0 Å². The van der Waals surface area contributed by atoms with E-state index in [-0.39, 0.29) is 11.9 Å². The second kappa shape index (κ2) is 7.97. The first-order valence-corrected chi connectivity index (χ1v) is 9.75. The van der Waals surface area contributed by atoms with Crippen LogP contribution < -0.4 is 5.32 Å². The first-order chi connectivity index (χ1) is 14.0. The molecule has 146 valence electrons. The first kappa shape index (κ1) is 19.0. The summed E-state index contributed by atoms with van der Waals surface area (Å²) in [4.78, 5) is 13.2. The third-order valence-corrected chi connectivity index (χ3v) is 5.20. The van der Waals surface area contributed by atoms with E-state index in [1.54, 1.807) is 16.8 Å². The molecular weight excluding hydrogens is 384 g/mol. The van der Waals surface area contributed by atoms with Crippen molar-refractivity contribution in [3.05, 3.63) is 95.3 Å². The fourth-order valence-electron chi connectivity index (χ4n) is 3.30. The molecule has 0 aliphatic rings. The van der Waals surface area contributed by atoms with E-state index < -0.39 is 0 Å². The molecule has 0 bridgehead atoms. The number of nitrogens with zero attached hydrogens (tertiary/aromatic N) is 3. The van der Waals surface area contributed by atoms with Crippen LogP contribution in [0, 0.1) is 0 Å². The summed E-state index contributed by atoms with van der Waals surface area (Å²) in [6.45, 7) is 1.96. The highest BCUT2D eigenvalue weighted by Crippen LogP contribution is 2.26. The Morgan fingerprint density at radius 3 is 2.45 bits per heavy atom. The molecule has 1 amide bonds. The van der Waals surface area contributed by atoms with Crippen LogP contribution in [0.25, 0.3) is 17.1 Å². The number of hydrogen-bond donors (Lipinski definition) is 1. The van der Waals surface area contributed by atoms with Crippen molar-refractivity contribution in [2.45, 2.75) is 13.0 Å². The van der Waals surface area contributed by atoms with E-state index in [0.29, 0.717) is 22.1 Å². The van der Waals surface area contributed by atoms with Crippen molar-refractivity contribution in [3.8, 4) is 17.1 Å². The zero-order chi connectivity index (χ0) is 20.4. The van der Waals surface area contributed by atoms with Gasteiger partial charge in [-0.15, -0.1) is 0 Å². The summed E-state index contributed by atoms with van der Waals surface area (Å²) >= 11 is 6.40. The predicted octanol–water partition coefficient (Wildman–Crippen LogP) is 5.02. The smallest absolute Gasteiger partial charge is 0.270 e. The number of rotatable bonds is 5. The maximum atomic E-state index is 13.2. The quantitative estimate of drug-likeness (QED) is 0.507. The Balaban J connectivity index is 1.75.